The fourth-order valence-electron chi connectivity index (χ4n) is 3.45. The van der Waals surface area contributed by atoms with E-state index in [1.165, 1.54) is 12.1 Å². The van der Waals surface area contributed by atoms with Gasteiger partial charge in [0.25, 0.3) is 0 Å². The van der Waals surface area contributed by atoms with Gasteiger partial charge in [-0.15, -0.1) is 0 Å². The first-order chi connectivity index (χ1) is 9.16. The van der Waals surface area contributed by atoms with Gasteiger partial charge in [-0.3, -0.25) is 0 Å². The topological polar surface area (TPSA) is 21.3 Å². The van der Waals surface area contributed by atoms with Gasteiger partial charge in [-0.1, -0.05) is 17.7 Å². The number of hydrogen-bond donors (Lipinski definition) is 1. The number of benzene rings is 1. The molecule has 1 aliphatic rings. The maximum atomic E-state index is 13.2. The zero-order chi connectivity index (χ0) is 15.1. The van der Waals surface area contributed by atoms with E-state index in [4.69, 9.17) is 16.3 Å². The highest BCUT2D eigenvalue weighted by molar-refractivity contribution is 6.31. The van der Waals surface area contributed by atoms with Crippen LogP contribution in [0.5, 0.6) is 0 Å². The van der Waals surface area contributed by atoms with Crippen LogP contribution in [0.3, 0.4) is 0 Å². The summed E-state index contributed by atoms with van der Waals surface area (Å²) in [5.41, 5.74) is 0.514. The van der Waals surface area contributed by atoms with Crippen LogP contribution in [0, 0.1) is 11.7 Å². The second kappa shape index (κ2) is 5.28. The van der Waals surface area contributed by atoms with Crippen LogP contribution in [0.25, 0.3) is 0 Å². The van der Waals surface area contributed by atoms with Crippen molar-refractivity contribution in [1.29, 1.82) is 0 Å². The monoisotopic (exact) mass is 299 g/mol. The lowest BCUT2D eigenvalue weighted by Gasteiger charge is -2.33. The summed E-state index contributed by atoms with van der Waals surface area (Å²) in [6.45, 7) is 8.42. The van der Waals surface area contributed by atoms with Crippen LogP contribution in [0.15, 0.2) is 18.2 Å². The Bertz CT molecular complexity index is 501. The van der Waals surface area contributed by atoms with Crippen molar-refractivity contribution in [1.82, 2.24) is 5.32 Å². The summed E-state index contributed by atoms with van der Waals surface area (Å²) in [6.07, 6.45) is 0.930. The van der Waals surface area contributed by atoms with E-state index in [0.717, 1.165) is 12.0 Å². The minimum absolute atomic E-state index is 0.0416. The molecule has 0 bridgehead atoms. The van der Waals surface area contributed by atoms with Crippen molar-refractivity contribution < 1.29 is 9.13 Å². The summed E-state index contributed by atoms with van der Waals surface area (Å²) in [4.78, 5) is 0. The molecule has 0 saturated carbocycles. The third-order valence-electron chi connectivity index (χ3n) is 4.15. The predicted octanol–water partition coefficient (Wildman–Crippen LogP) is 4.33. The lowest BCUT2D eigenvalue weighted by atomic mass is 9.79. The molecule has 1 aromatic carbocycles. The van der Waals surface area contributed by atoms with Gasteiger partial charge < -0.3 is 10.1 Å². The summed E-state index contributed by atoms with van der Waals surface area (Å²) in [5, 5.41) is 3.79. The minimum Gasteiger partial charge on any atom is -0.369 e. The molecule has 0 amide bonds. The van der Waals surface area contributed by atoms with Crippen LogP contribution in [-0.4, -0.2) is 18.2 Å². The summed E-state index contributed by atoms with van der Waals surface area (Å²) < 4.78 is 19.4. The molecule has 1 fully saturated rings. The minimum atomic E-state index is -0.309. The molecule has 2 rings (SSSR count). The zero-order valence-corrected chi connectivity index (χ0v) is 13.5. The van der Waals surface area contributed by atoms with Gasteiger partial charge in [-0.2, -0.15) is 0 Å². The first kappa shape index (κ1) is 15.7. The molecule has 112 valence electrons. The van der Waals surface area contributed by atoms with E-state index >= 15 is 0 Å². The number of rotatable bonds is 3. The van der Waals surface area contributed by atoms with Gasteiger partial charge in [0.2, 0.25) is 0 Å². The molecule has 2 atom stereocenters. The van der Waals surface area contributed by atoms with E-state index in [1.54, 1.807) is 6.07 Å². The normalized spacial score (nSPS) is 25.6. The lowest BCUT2D eigenvalue weighted by molar-refractivity contribution is -0.0776. The lowest BCUT2D eigenvalue weighted by Crippen LogP contribution is -2.37. The maximum absolute atomic E-state index is 13.2. The maximum Gasteiger partial charge on any atom is 0.124 e. The van der Waals surface area contributed by atoms with Crippen LogP contribution in [0.2, 0.25) is 5.02 Å². The molecule has 1 heterocycles. The Kier molecular flexibility index (Phi) is 4.16. The summed E-state index contributed by atoms with van der Waals surface area (Å²) in [6, 6.07) is 4.63. The molecule has 0 spiro atoms. The fourth-order valence-corrected chi connectivity index (χ4v) is 3.74. The summed E-state index contributed by atoms with van der Waals surface area (Å²) in [5.74, 6) is -0.0404. The third-order valence-corrected chi connectivity index (χ3v) is 4.48. The van der Waals surface area contributed by atoms with E-state index in [1.807, 2.05) is 7.05 Å². The number of nitrogens with one attached hydrogen (secondary N) is 1. The zero-order valence-electron chi connectivity index (χ0n) is 12.8. The first-order valence-electron chi connectivity index (χ1n) is 6.99. The average molecular weight is 300 g/mol. The largest absolute Gasteiger partial charge is 0.369 e. The van der Waals surface area contributed by atoms with Crippen molar-refractivity contribution in [2.45, 2.75) is 51.4 Å². The highest BCUT2D eigenvalue weighted by Crippen LogP contribution is 2.48. The van der Waals surface area contributed by atoms with Crippen LogP contribution in [0.1, 0.15) is 45.7 Å². The number of halogens is 2. The molecule has 1 N–H and O–H groups in total. The van der Waals surface area contributed by atoms with E-state index in [-0.39, 0.29) is 29.0 Å². The Morgan fingerprint density at radius 2 is 2.00 bits per heavy atom. The highest BCUT2D eigenvalue weighted by Gasteiger charge is 2.49. The molecule has 4 heteroatoms. The van der Waals surface area contributed by atoms with Gasteiger partial charge >= 0.3 is 0 Å². The standard InChI is InChI=1S/C16H23ClFNO/c1-15(2)9-12(16(3,4)20-15)14(19-5)11-7-6-10(18)8-13(11)17/h6-8,12,14,19H,9H2,1-5H3. The van der Waals surface area contributed by atoms with Gasteiger partial charge in [0.15, 0.2) is 0 Å². The van der Waals surface area contributed by atoms with Gasteiger partial charge in [0.1, 0.15) is 5.82 Å². The second-order valence-corrected chi connectivity index (χ2v) is 7.12. The Hall–Kier alpha value is -0.640. The summed E-state index contributed by atoms with van der Waals surface area (Å²) in [7, 11) is 1.91. The van der Waals surface area contributed by atoms with Crippen molar-refractivity contribution in [2.75, 3.05) is 7.05 Å². The Balaban J connectivity index is 2.37. The molecule has 20 heavy (non-hydrogen) atoms. The van der Waals surface area contributed by atoms with Gasteiger partial charge in [-0.25, -0.2) is 4.39 Å². The predicted molar refractivity (Wildman–Crippen MR) is 80.6 cm³/mol. The molecule has 2 unspecified atom stereocenters. The number of hydrogen-bond acceptors (Lipinski definition) is 2. The van der Waals surface area contributed by atoms with Crippen LogP contribution in [-0.2, 0) is 4.74 Å². The van der Waals surface area contributed by atoms with Gasteiger partial charge in [-0.05, 0) is 58.9 Å². The fraction of sp³-hybridized carbons (Fsp3) is 0.625. The van der Waals surface area contributed by atoms with E-state index in [2.05, 4.69) is 33.0 Å². The molecular formula is C16H23ClFNO. The van der Waals surface area contributed by atoms with Crippen LogP contribution < -0.4 is 5.32 Å². The van der Waals surface area contributed by atoms with E-state index < -0.39 is 0 Å². The Labute approximate surface area is 125 Å². The molecule has 0 radical (unpaired) electrons. The smallest absolute Gasteiger partial charge is 0.124 e. The van der Waals surface area contributed by atoms with E-state index in [0.29, 0.717) is 5.02 Å². The molecule has 1 aliphatic heterocycles. The summed E-state index contributed by atoms with van der Waals surface area (Å²) >= 11 is 6.22. The van der Waals surface area contributed by atoms with Crippen molar-refractivity contribution in [3.05, 3.63) is 34.6 Å². The first-order valence-corrected chi connectivity index (χ1v) is 7.36. The van der Waals surface area contributed by atoms with Crippen molar-refractivity contribution in [3.63, 3.8) is 0 Å². The van der Waals surface area contributed by atoms with Gasteiger partial charge in [0.05, 0.1) is 11.2 Å². The molecule has 0 aromatic heterocycles. The average Bonchev–Trinajstić information content (AvgIpc) is 2.51. The SMILES string of the molecule is CNC(c1ccc(F)cc1Cl)C1CC(C)(C)OC1(C)C. The molecule has 1 saturated heterocycles. The third kappa shape index (κ3) is 3.00. The van der Waals surface area contributed by atoms with Crippen LogP contribution in [0.4, 0.5) is 4.39 Å². The molecule has 0 aliphatic carbocycles. The Morgan fingerprint density at radius 1 is 1.35 bits per heavy atom. The number of ether oxygens (including phenoxy) is 1. The van der Waals surface area contributed by atoms with E-state index in [9.17, 15) is 4.39 Å². The van der Waals surface area contributed by atoms with Crippen molar-refractivity contribution in [3.8, 4) is 0 Å². The van der Waals surface area contributed by atoms with Crippen LogP contribution >= 0.6 is 11.6 Å². The van der Waals surface area contributed by atoms with Crippen molar-refractivity contribution in [2.24, 2.45) is 5.92 Å². The highest BCUT2D eigenvalue weighted by atomic mass is 35.5. The molecular weight excluding hydrogens is 277 g/mol. The quantitative estimate of drug-likeness (QED) is 0.897. The second-order valence-electron chi connectivity index (χ2n) is 6.71. The molecule has 1 aromatic rings. The van der Waals surface area contributed by atoms with Gasteiger partial charge in [0, 0.05) is 17.0 Å². The Morgan fingerprint density at radius 3 is 2.45 bits per heavy atom. The molecule has 2 nitrogen and oxygen atoms in total. The van der Waals surface area contributed by atoms with Crippen molar-refractivity contribution >= 4 is 11.6 Å².